The average Bonchev–Trinajstić information content (AvgIpc) is 2.84. The highest BCUT2D eigenvalue weighted by atomic mass is 35.5. The van der Waals surface area contributed by atoms with Gasteiger partial charge in [-0.3, -0.25) is 4.79 Å². The fourth-order valence-electron chi connectivity index (χ4n) is 2.76. The first-order valence-electron chi connectivity index (χ1n) is 6.64. The number of aromatic nitrogens is 1. The number of H-pyrrole nitrogens is 1. The second-order valence-electron chi connectivity index (χ2n) is 5.07. The van der Waals surface area contributed by atoms with Crippen LogP contribution in [0.15, 0.2) is 30.5 Å². The maximum atomic E-state index is 12.3. The second-order valence-corrected chi connectivity index (χ2v) is 5.07. The molecule has 1 aliphatic rings. The van der Waals surface area contributed by atoms with E-state index in [1.807, 2.05) is 30.5 Å². The van der Waals surface area contributed by atoms with Gasteiger partial charge in [0.1, 0.15) is 0 Å². The highest BCUT2D eigenvalue weighted by molar-refractivity contribution is 6.07. The smallest absolute Gasteiger partial charge is 0.165 e. The van der Waals surface area contributed by atoms with E-state index in [1.165, 1.54) is 0 Å². The lowest BCUT2D eigenvalue weighted by atomic mass is 9.90. The predicted octanol–water partition coefficient (Wildman–Crippen LogP) is 3.16. The summed E-state index contributed by atoms with van der Waals surface area (Å²) in [4.78, 5) is 15.5. The van der Waals surface area contributed by atoms with Gasteiger partial charge in [0.2, 0.25) is 0 Å². The van der Waals surface area contributed by atoms with Crippen LogP contribution in [0.3, 0.4) is 0 Å². The minimum Gasteiger partial charge on any atom is -0.360 e. The van der Waals surface area contributed by atoms with Crippen molar-refractivity contribution in [1.29, 1.82) is 0 Å². The molecule has 2 aromatic rings. The summed E-state index contributed by atoms with van der Waals surface area (Å²) in [5.41, 5.74) is 1.90. The molecule has 1 saturated heterocycles. The Morgan fingerprint density at radius 3 is 2.74 bits per heavy atom. The Labute approximate surface area is 119 Å². The molecule has 3 nitrogen and oxygen atoms in total. The van der Waals surface area contributed by atoms with Crippen LogP contribution < -0.4 is 5.32 Å². The van der Waals surface area contributed by atoms with E-state index < -0.39 is 0 Å². The van der Waals surface area contributed by atoms with E-state index in [9.17, 15) is 4.79 Å². The number of halogens is 1. The summed E-state index contributed by atoms with van der Waals surface area (Å²) in [6, 6.07) is 8.00. The van der Waals surface area contributed by atoms with E-state index in [0.29, 0.717) is 12.3 Å². The molecule has 0 radical (unpaired) electrons. The number of Topliss-reactive ketones (excluding diaryl/α,β-unsaturated/α-hetero) is 1. The summed E-state index contributed by atoms with van der Waals surface area (Å²) >= 11 is 0. The minimum atomic E-state index is 0. The summed E-state index contributed by atoms with van der Waals surface area (Å²) in [7, 11) is 0. The number of fused-ring (bicyclic) bond motifs is 1. The zero-order valence-electron chi connectivity index (χ0n) is 10.8. The average molecular weight is 279 g/mol. The third-order valence-electron chi connectivity index (χ3n) is 3.82. The SMILES string of the molecule is Cl.O=C(CC1CCNCC1)c1c[nH]c2ccccc12. The van der Waals surface area contributed by atoms with Gasteiger partial charge in [-0.1, -0.05) is 18.2 Å². The Hall–Kier alpha value is -1.32. The van der Waals surface area contributed by atoms with Crippen molar-refractivity contribution in [2.75, 3.05) is 13.1 Å². The van der Waals surface area contributed by atoms with Gasteiger partial charge < -0.3 is 10.3 Å². The van der Waals surface area contributed by atoms with Crippen molar-refractivity contribution in [1.82, 2.24) is 10.3 Å². The Morgan fingerprint density at radius 1 is 1.21 bits per heavy atom. The molecule has 4 heteroatoms. The standard InChI is InChI=1S/C15H18N2O.ClH/c18-15(9-11-5-7-16-8-6-11)13-10-17-14-4-2-1-3-12(13)14;/h1-4,10-11,16-17H,5-9H2;1H. The molecule has 0 aliphatic carbocycles. The second kappa shape index (κ2) is 6.22. The predicted molar refractivity (Wildman–Crippen MR) is 80.1 cm³/mol. The van der Waals surface area contributed by atoms with Crippen LogP contribution in [0.5, 0.6) is 0 Å². The monoisotopic (exact) mass is 278 g/mol. The van der Waals surface area contributed by atoms with Crippen molar-refractivity contribution in [3.8, 4) is 0 Å². The van der Waals surface area contributed by atoms with Crippen LogP contribution in [0.4, 0.5) is 0 Å². The minimum absolute atomic E-state index is 0. The van der Waals surface area contributed by atoms with Crippen molar-refractivity contribution in [3.05, 3.63) is 36.0 Å². The molecule has 2 N–H and O–H groups in total. The third-order valence-corrected chi connectivity index (χ3v) is 3.82. The number of benzene rings is 1. The lowest BCUT2D eigenvalue weighted by molar-refractivity contribution is 0.0954. The van der Waals surface area contributed by atoms with Crippen LogP contribution in [-0.4, -0.2) is 23.9 Å². The van der Waals surface area contributed by atoms with Crippen LogP contribution in [0.25, 0.3) is 10.9 Å². The van der Waals surface area contributed by atoms with Crippen molar-refractivity contribution in [2.45, 2.75) is 19.3 Å². The van der Waals surface area contributed by atoms with E-state index in [2.05, 4.69) is 10.3 Å². The number of hydrogen-bond donors (Lipinski definition) is 2. The number of nitrogens with one attached hydrogen (secondary N) is 2. The number of hydrogen-bond acceptors (Lipinski definition) is 2. The highest BCUT2D eigenvalue weighted by Gasteiger charge is 2.19. The van der Waals surface area contributed by atoms with Crippen LogP contribution in [0.1, 0.15) is 29.6 Å². The number of carbonyl (C=O) groups excluding carboxylic acids is 1. The molecular formula is C15H19ClN2O. The molecule has 0 spiro atoms. The van der Waals surface area contributed by atoms with Crippen molar-refractivity contribution in [2.24, 2.45) is 5.92 Å². The van der Waals surface area contributed by atoms with Gasteiger partial charge in [0.05, 0.1) is 0 Å². The first-order chi connectivity index (χ1) is 8.84. The molecule has 19 heavy (non-hydrogen) atoms. The largest absolute Gasteiger partial charge is 0.360 e. The van der Waals surface area contributed by atoms with E-state index in [4.69, 9.17) is 0 Å². The summed E-state index contributed by atoms with van der Waals surface area (Å²) in [6.07, 6.45) is 4.78. The normalized spacial score (nSPS) is 16.2. The third kappa shape index (κ3) is 2.99. The Morgan fingerprint density at radius 2 is 1.95 bits per heavy atom. The molecule has 0 amide bonds. The summed E-state index contributed by atoms with van der Waals surface area (Å²) < 4.78 is 0. The molecule has 102 valence electrons. The van der Waals surface area contributed by atoms with Crippen molar-refractivity contribution in [3.63, 3.8) is 0 Å². The molecule has 1 fully saturated rings. The van der Waals surface area contributed by atoms with Gasteiger partial charge in [-0.2, -0.15) is 0 Å². The van der Waals surface area contributed by atoms with Gasteiger partial charge in [-0.25, -0.2) is 0 Å². The molecular weight excluding hydrogens is 260 g/mol. The van der Waals surface area contributed by atoms with Gasteiger partial charge in [-0.15, -0.1) is 12.4 Å². The van der Waals surface area contributed by atoms with Gasteiger partial charge in [0.25, 0.3) is 0 Å². The number of ketones is 1. The Bertz CT molecular complexity index is 558. The molecule has 0 unspecified atom stereocenters. The maximum Gasteiger partial charge on any atom is 0.165 e. The molecule has 1 aromatic carbocycles. The lowest BCUT2D eigenvalue weighted by Crippen LogP contribution is -2.28. The molecule has 0 atom stereocenters. The van der Waals surface area contributed by atoms with E-state index in [1.54, 1.807) is 0 Å². The van der Waals surface area contributed by atoms with Gasteiger partial charge >= 0.3 is 0 Å². The van der Waals surface area contributed by atoms with Crippen LogP contribution in [0.2, 0.25) is 0 Å². The Kier molecular flexibility index (Phi) is 4.61. The van der Waals surface area contributed by atoms with Crippen LogP contribution >= 0.6 is 12.4 Å². The first-order valence-corrected chi connectivity index (χ1v) is 6.64. The quantitative estimate of drug-likeness (QED) is 0.847. The molecule has 0 saturated carbocycles. The summed E-state index contributed by atoms with van der Waals surface area (Å²) in [6.45, 7) is 2.09. The fraction of sp³-hybridized carbons (Fsp3) is 0.400. The van der Waals surface area contributed by atoms with Gasteiger partial charge in [0.15, 0.2) is 5.78 Å². The molecule has 1 aliphatic heterocycles. The zero-order valence-corrected chi connectivity index (χ0v) is 11.6. The summed E-state index contributed by atoms with van der Waals surface area (Å²) in [5, 5.41) is 4.39. The van der Waals surface area contributed by atoms with E-state index in [0.717, 1.165) is 42.4 Å². The van der Waals surface area contributed by atoms with Crippen LogP contribution in [-0.2, 0) is 0 Å². The van der Waals surface area contributed by atoms with E-state index in [-0.39, 0.29) is 18.2 Å². The lowest BCUT2D eigenvalue weighted by Gasteiger charge is -2.21. The highest BCUT2D eigenvalue weighted by Crippen LogP contribution is 2.23. The molecule has 2 heterocycles. The van der Waals surface area contributed by atoms with Crippen LogP contribution in [0, 0.1) is 5.92 Å². The zero-order chi connectivity index (χ0) is 12.4. The van der Waals surface area contributed by atoms with Gasteiger partial charge in [0, 0.05) is 29.1 Å². The first kappa shape index (κ1) is 14.1. The van der Waals surface area contributed by atoms with Gasteiger partial charge in [-0.05, 0) is 37.9 Å². The molecule has 1 aromatic heterocycles. The van der Waals surface area contributed by atoms with Crippen molar-refractivity contribution < 1.29 is 4.79 Å². The van der Waals surface area contributed by atoms with Crippen molar-refractivity contribution >= 4 is 29.1 Å². The fourth-order valence-corrected chi connectivity index (χ4v) is 2.76. The number of para-hydroxylation sites is 1. The number of rotatable bonds is 3. The Balaban J connectivity index is 0.00000133. The number of aromatic amines is 1. The topological polar surface area (TPSA) is 44.9 Å². The molecule has 0 bridgehead atoms. The molecule has 3 rings (SSSR count). The van der Waals surface area contributed by atoms with E-state index >= 15 is 0 Å². The number of piperidine rings is 1. The summed E-state index contributed by atoms with van der Waals surface area (Å²) in [5.74, 6) is 0.826. The maximum absolute atomic E-state index is 12.3. The number of carbonyl (C=O) groups is 1.